The van der Waals surface area contributed by atoms with Crippen LogP contribution in [0, 0.1) is 6.92 Å². The number of rotatable bonds is 7. The van der Waals surface area contributed by atoms with Crippen LogP contribution in [0.2, 0.25) is 0 Å². The molecule has 0 aromatic heterocycles. The fourth-order valence-corrected chi connectivity index (χ4v) is 2.77. The molecule has 0 saturated carbocycles. The van der Waals surface area contributed by atoms with E-state index >= 15 is 0 Å². The number of methoxy groups -OCH3 is 1. The quantitative estimate of drug-likeness (QED) is 0.772. The summed E-state index contributed by atoms with van der Waals surface area (Å²) < 4.78 is 11.1. The standard InChI is InChI=1S/C18H28N2O3/c1-14-7-8-15(12-17(14)22-4)18(21)20(10-9-19(2)3)13-16-6-5-11-23-16/h7-8,12,16H,5-6,9-11,13H2,1-4H3/t16-/m0/s1. The van der Waals surface area contributed by atoms with Gasteiger partial charge in [0.2, 0.25) is 0 Å². The van der Waals surface area contributed by atoms with Crippen molar-refractivity contribution in [1.82, 2.24) is 9.80 Å². The molecule has 1 aliphatic heterocycles. The molecule has 5 heteroatoms. The molecule has 1 aromatic rings. The molecule has 1 atom stereocenters. The molecule has 1 amide bonds. The summed E-state index contributed by atoms with van der Waals surface area (Å²) in [7, 11) is 5.67. The number of likely N-dealkylation sites (N-methyl/N-ethyl adjacent to an activating group) is 1. The fraction of sp³-hybridized carbons (Fsp3) is 0.611. The van der Waals surface area contributed by atoms with E-state index in [1.54, 1.807) is 7.11 Å². The van der Waals surface area contributed by atoms with Crippen LogP contribution in [-0.2, 0) is 4.74 Å². The number of aryl methyl sites for hydroxylation is 1. The van der Waals surface area contributed by atoms with Gasteiger partial charge in [0.25, 0.3) is 5.91 Å². The minimum Gasteiger partial charge on any atom is -0.496 e. The van der Waals surface area contributed by atoms with Gasteiger partial charge in [-0.2, -0.15) is 0 Å². The third kappa shape index (κ3) is 4.94. The van der Waals surface area contributed by atoms with E-state index in [2.05, 4.69) is 4.90 Å². The number of hydrogen-bond donors (Lipinski definition) is 0. The first kappa shape index (κ1) is 17.8. The highest BCUT2D eigenvalue weighted by molar-refractivity contribution is 5.94. The summed E-state index contributed by atoms with van der Waals surface area (Å²) in [6.07, 6.45) is 2.27. The highest BCUT2D eigenvalue weighted by Crippen LogP contribution is 2.21. The third-order valence-electron chi connectivity index (χ3n) is 4.21. The maximum absolute atomic E-state index is 12.9. The highest BCUT2D eigenvalue weighted by Gasteiger charge is 2.23. The second-order valence-electron chi connectivity index (χ2n) is 6.37. The van der Waals surface area contributed by atoms with Crippen LogP contribution in [0.5, 0.6) is 5.75 Å². The molecule has 0 aliphatic carbocycles. The zero-order valence-corrected chi connectivity index (χ0v) is 14.7. The monoisotopic (exact) mass is 320 g/mol. The van der Waals surface area contributed by atoms with E-state index in [0.29, 0.717) is 18.7 Å². The van der Waals surface area contributed by atoms with Gasteiger partial charge in [0.15, 0.2) is 0 Å². The first-order valence-corrected chi connectivity index (χ1v) is 8.21. The van der Waals surface area contributed by atoms with Crippen LogP contribution in [-0.4, -0.2) is 69.3 Å². The number of carbonyl (C=O) groups is 1. The zero-order chi connectivity index (χ0) is 16.8. The molecule has 0 N–H and O–H groups in total. The fourth-order valence-electron chi connectivity index (χ4n) is 2.77. The van der Waals surface area contributed by atoms with Crippen LogP contribution in [0.25, 0.3) is 0 Å². The Hall–Kier alpha value is -1.59. The lowest BCUT2D eigenvalue weighted by molar-refractivity contribution is 0.0512. The molecular formula is C18H28N2O3. The Morgan fingerprint density at radius 3 is 2.74 bits per heavy atom. The summed E-state index contributed by atoms with van der Waals surface area (Å²) >= 11 is 0. The normalized spacial score (nSPS) is 17.5. The number of ether oxygens (including phenoxy) is 2. The number of hydrogen-bond acceptors (Lipinski definition) is 4. The number of amides is 1. The van der Waals surface area contributed by atoms with Crippen LogP contribution in [0.1, 0.15) is 28.8 Å². The number of carbonyl (C=O) groups excluding carboxylic acids is 1. The maximum atomic E-state index is 12.9. The van der Waals surface area contributed by atoms with Crippen molar-refractivity contribution in [2.24, 2.45) is 0 Å². The van der Waals surface area contributed by atoms with Crippen molar-refractivity contribution in [2.75, 3.05) is 47.4 Å². The van der Waals surface area contributed by atoms with Gasteiger partial charge in [0.1, 0.15) is 5.75 Å². The van der Waals surface area contributed by atoms with Gasteiger partial charge in [0.05, 0.1) is 13.2 Å². The first-order chi connectivity index (χ1) is 11.0. The second-order valence-corrected chi connectivity index (χ2v) is 6.37. The van der Waals surface area contributed by atoms with E-state index in [1.807, 2.05) is 44.1 Å². The van der Waals surface area contributed by atoms with Gasteiger partial charge >= 0.3 is 0 Å². The van der Waals surface area contributed by atoms with Gasteiger partial charge in [-0.25, -0.2) is 0 Å². The topological polar surface area (TPSA) is 42.0 Å². The molecule has 23 heavy (non-hydrogen) atoms. The molecule has 0 bridgehead atoms. The molecule has 1 heterocycles. The van der Waals surface area contributed by atoms with Crippen LogP contribution in [0.4, 0.5) is 0 Å². The maximum Gasteiger partial charge on any atom is 0.254 e. The van der Waals surface area contributed by atoms with E-state index in [1.165, 1.54) is 0 Å². The predicted octanol–water partition coefficient (Wildman–Crippen LogP) is 2.19. The lowest BCUT2D eigenvalue weighted by Gasteiger charge is -2.27. The smallest absolute Gasteiger partial charge is 0.254 e. The molecule has 0 spiro atoms. The van der Waals surface area contributed by atoms with E-state index in [9.17, 15) is 4.79 Å². The van der Waals surface area contributed by atoms with Gasteiger partial charge in [0, 0.05) is 31.8 Å². The second kappa shape index (κ2) is 8.31. The Labute approximate surface area is 139 Å². The average molecular weight is 320 g/mol. The zero-order valence-electron chi connectivity index (χ0n) is 14.7. The summed E-state index contributed by atoms with van der Waals surface area (Å²) in [6, 6.07) is 5.64. The minimum atomic E-state index is 0.0423. The largest absolute Gasteiger partial charge is 0.496 e. The Morgan fingerprint density at radius 1 is 1.35 bits per heavy atom. The SMILES string of the molecule is COc1cc(C(=O)N(CCN(C)C)C[C@@H]2CCCO2)ccc1C. The Balaban J connectivity index is 2.13. The lowest BCUT2D eigenvalue weighted by atomic mass is 10.1. The Morgan fingerprint density at radius 2 is 2.13 bits per heavy atom. The molecular weight excluding hydrogens is 292 g/mol. The Kier molecular flexibility index (Phi) is 6.42. The molecule has 1 fully saturated rings. The van der Waals surface area contributed by atoms with Gasteiger partial charge in [-0.1, -0.05) is 6.07 Å². The Bertz CT molecular complexity index is 525. The van der Waals surface area contributed by atoms with Gasteiger partial charge in [-0.15, -0.1) is 0 Å². The minimum absolute atomic E-state index is 0.0423. The van der Waals surface area contributed by atoms with Crippen molar-refractivity contribution in [1.29, 1.82) is 0 Å². The molecule has 1 saturated heterocycles. The van der Waals surface area contributed by atoms with Crippen LogP contribution < -0.4 is 4.74 Å². The number of nitrogens with zero attached hydrogens (tertiary/aromatic N) is 2. The van der Waals surface area contributed by atoms with E-state index in [-0.39, 0.29) is 12.0 Å². The van der Waals surface area contributed by atoms with Crippen molar-refractivity contribution in [2.45, 2.75) is 25.9 Å². The van der Waals surface area contributed by atoms with Crippen LogP contribution in [0.15, 0.2) is 18.2 Å². The molecule has 1 aromatic carbocycles. The molecule has 2 rings (SSSR count). The summed E-state index contributed by atoms with van der Waals surface area (Å²) in [4.78, 5) is 16.9. The molecule has 0 radical (unpaired) electrons. The van der Waals surface area contributed by atoms with E-state index < -0.39 is 0 Å². The van der Waals surface area contributed by atoms with Crippen molar-refractivity contribution in [3.63, 3.8) is 0 Å². The molecule has 0 unspecified atom stereocenters. The summed E-state index contributed by atoms with van der Waals surface area (Å²) in [5.41, 5.74) is 1.70. The molecule has 128 valence electrons. The summed E-state index contributed by atoms with van der Waals surface area (Å²) in [5, 5.41) is 0. The van der Waals surface area contributed by atoms with Crippen molar-refractivity contribution < 1.29 is 14.3 Å². The average Bonchev–Trinajstić information content (AvgIpc) is 3.04. The van der Waals surface area contributed by atoms with Crippen molar-refractivity contribution in [3.05, 3.63) is 29.3 Å². The number of benzene rings is 1. The molecule has 1 aliphatic rings. The first-order valence-electron chi connectivity index (χ1n) is 8.21. The summed E-state index contributed by atoms with van der Waals surface area (Å²) in [6.45, 7) is 4.97. The van der Waals surface area contributed by atoms with Gasteiger partial charge in [-0.3, -0.25) is 4.79 Å². The van der Waals surface area contributed by atoms with Gasteiger partial charge < -0.3 is 19.3 Å². The van der Waals surface area contributed by atoms with Crippen LogP contribution >= 0.6 is 0 Å². The highest BCUT2D eigenvalue weighted by atomic mass is 16.5. The third-order valence-corrected chi connectivity index (χ3v) is 4.21. The summed E-state index contributed by atoms with van der Waals surface area (Å²) in [5.74, 6) is 0.793. The van der Waals surface area contributed by atoms with Crippen molar-refractivity contribution >= 4 is 5.91 Å². The predicted molar refractivity (Wildman–Crippen MR) is 91.2 cm³/mol. The van der Waals surface area contributed by atoms with E-state index in [4.69, 9.17) is 9.47 Å². The van der Waals surface area contributed by atoms with E-state index in [0.717, 1.165) is 37.3 Å². The molecule has 5 nitrogen and oxygen atoms in total. The lowest BCUT2D eigenvalue weighted by Crippen LogP contribution is -2.41. The van der Waals surface area contributed by atoms with Gasteiger partial charge in [-0.05, 0) is 51.6 Å². The van der Waals surface area contributed by atoms with Crippen LogP contribution in [0.3, 0.4) is 0 Å². The van der Waals surface area contributed by atoms with Crippen molar-refractivity contribution in [3.8, 4) is 5.75 Å².